The summed E-state index contributed by atoms with van der Waals surface area (Å²) in [5.74, 6) is -10.1. The largest absolute Gasteiger partial charge is 0.504 e. The van der Waals surface area contributed by atoms with Crippen molar-refractivity contribution in [2.45, 2.75) is 12.8 Å². The van der Waals surface area contributed by atoms with E-state index in [1.165, 1.54) is 0 Å². The fourth-order valence-corrected chi connectivity index (χ4v) is 8.04. The van der Waals surface area contributed by atoms with E-state index in [1.54, 1.807) is 30.4 Å². The first-order valence-electron chi connectivity index (χ1n) is 17.3. The normalized spacial score (nSPS) is 15.3. The lowest BCUT2D eigenvalue weighted by Crippen LogP contribution is -2.29. The summed E-state index contributed by atoms with van der Waals surface area (Å²) < 4.78 is 6.22. The quantitative estimate of drug-likeness (QED) is 0.0674. The van der Waals surface area contributed by atoms with E-state index in [2.05, 4.69) is 0 Å². The van der Waals surface area contributed by atoms with Crippen LogP contribution in [0.5, 0.6) is 63.2 Å². The van der Waals surface area contributed by atoms with Crippen LogP contribution in [0.15, 0.2) is 112 Å². The van der Waals surface area contributed by atoms with Crippen LogP contribution in [-0.2, 0) is 0 Å². The van der Waals surface area contributed by atoms with Gasteiger partial charge in [-0.2, -0.15) is 0 Å². The van der Waals surface area contributed by atoms with E-state index in [4.69, 9.17) is 4.42 Å². The Morgan fingerprint density at radius 1 is 0.446 bits per heavy atom. The van der Waals surface area contributed by atoms with Crippen LogP contribution in [0, 0.1) is 0 Å². The van der Waals surface area contributed by atoms with Crippen LogP contribution in [0.3, 0.4) is 0 Å². The molecule has 0 atom stereocenters. The van der Waals surface area contributed by atoms with Crippen molar-refractivity contribution in [1.29, 1.82) is 0 Å². The molecule has 0 unspecified atom stereocenters. The maximum Gasteiger partial charge on any atom is 0.208 e. The molecule has 0 radical (unpaired) electrons. The van der Waals surface area contributed by atoms with E-state index >= 15 is 0 Å². The van der Waals surface area contributed by atoms with Gasteiger partial charge in [-0.3, -0.25) is 0 Å². The van der Waals surface area contributed by atoms with Crippen LogP contribution >= 0.6 is 0 Å². The molecule has 0 aliphatic heterocycles. The molecule has 12 nitrogen and oxygen atoms in total. The Balaban J connectivity index is 1.34. The summed E-state index contributed by atoms with van der Waals surface area (Å²) in [5, 5.41) is 118. The summed E-state index contributed by atoms with van der Waals surface area (Å²) in [6.07, 6.45) is 15.6. The van der Waals surface area contributed by atoms with E-state index in [0.717, 1.165) is 38.3 Å². The van der Waals surface area contributed by atoms with Crippen molar-refractivity contribution in [1.82, 2.24) is 0 Å². The summed E-state index contributed by atoms with van der Waals surface area (Å²) in [6.45, 7) is 0. The molecule has 2 bridgehead atoms. The van der Waals surface area contributed by atoms with Crippen molar-refractivity contribution >= 4 is 49.4 Å². The Morgan fingerprint density at radius 3 is 1.62 bits per heavy atom. The molecule has 3 aliphatic rings. The molecule has 56 heavy (non-hydrogen) atoms. The molecular weight excluding hydrogens is 720 g/mol. The van der Waals surface area contributed by atoms with Crippen LogP contribution in [0.4, 0.5) is 0 Å². The van der Waals surface area contributed by atoms with E-state index in [-0.39, 0.29) is 33.1 Å². The highest BCUT2D eigenvalue weighted by molar-refractivity contribution is 6.25. The van der Waals surface area contributed by atoms with E-state index < -0.39 is 68.6 Å². The van der Waals surface area contributed by atoms with Gasteiger partial charge in [0.15, 0.2) is 40.1 Å². The molecular formula is C44H30O12. The number of rotatable bonds is 3. The highest BCUT2D eigenvalue weighted by Gasteiger charge is 2.31. The Hall–Kier alpha value is -7.86. The Morgan fingerprint density at radius 2 is 0.946 bits per heavy atom. The van der Waals surface area contributed by atoms with Gasteiger partial charge >= 0.3 is 0 Å². The number of phenolic OH excluding ortho intramolecular Hbond substituents is 11. The third kappa shape index (κ3) is 4.59. The van der Waals surface area contributed by atoms with Gasteiger partial charge in [0, 0.05) is 5.39 Å². The molecule has 278 valence electrons. The van der Waals surface area contributed by atoms with Crippen molar-refractivity contribution in [3.05, 3.63) is 129 Å². The van der Waals surface area contributed by atoms with Gasteiger partial charge in [-0.15, -0.1) is 0 Å². The van der Waals surface area contributed by atoms with Gasteiger partial charge in [0.1, 0.15) is 5.58 Å². The monoisotopic (exact) mass is 750 g/mol. The second-order valence-electron chi connectivity index (χ2n) is 13.6. The average Bonchev–Trinajstić information content (AvgIpc) is 3.34. The predicted molar refractivity (Wildman–Crippen MR) is 207 cm³/mol. The first-order valence-corrected chi connectivity index (χ1v) is 17.3. The topological polar surface area (TPSA) is 236 Å². The van der Waals surface area contributed by atoms with Crippen LogP contribution in [0.25, 0.3) is 49.4 Å². The van der Waals surface area contributed by atoms with E-state index in [1.807, 2.05) is 60.7 Å². The van der Waals surface area contributed by atoms with Gasteiger partial charge in [0.05, 0.1) is 21.7 Å². The van der Waals surface area contributed by atoms with Gasteiger partial charge in [0.2, 0.25) is 28.7 Å². The molecule has 6 aromatic rings. The highest BCUT2D eigenvalue weighted by atomic mass is 16.4. The molecule has 1 aromatic heterocycles. The lowest BCUT2D eigenvalue weighted by molar-refractivity contribution is 0.327. The lowest BCUT2D eigenvalue weighted by Gasteiger charge is -2.15. The minimum absolute atomic E-state index is 0.00910. The molecule has 11 N–H and O–H groups in total. The van der Waals surface area contributed by atoms with Crippen LogP contribution in [0.2, 0.25) is 0 Å². The molecule has 9 rings (SSSR count). The van der Waals surface area contributed by atoms with Crippen LogP contribution < -0.4 is 10.4 Å². The zero-order chi connectivity index (χ0) is 39.3. The molecule has 5 aromatic carbocycles. The summed E-state index contributed by atoms with van der Waals surface area (Å²) in [7, 11) is 0. The second kappa shape index (κ2) is 12.1. The van der Waals surface area contributed by atoms with Gasteiger partial charge in [-0.1, -0.05) is 85.0 Å². The minimum atomic E-state index is -1.09. The predicted octanol–water partition coefficient (Wildman–Crippen LogP) is 6.65. The maximum absolute atomic E-state index is 11.5. The molecule has 0 saturated carbocycles. The number of benzene rings is 5. The Bertz CT molecular complexity index is 3100. The standard InChI is InChI=1S/C44H30O12/c45-33-28(34(46)40(52)43(55)39(33)51)19-10-5-9-18(15-16-19)26-20-7-1-2-8-21(17-20)27(23-12-4-3-11-22(23)26)24-13-6-14-25-29(24)31-37(49)35(47)30-32(44(31)56-25)38(50)42(54)41(53)36(30)48/h1-4,6-16,45-55H,5,17H2. The number of hydrogen-bond acceptors (Lipinski definition) is 12. The Kier molecular flexibility index (Phi) is 7.32. The second-order valence-corrected chi connectivity index (χ2v) is 13.6. The summed E-state index contributed by atoms with van der Waals surface area (Å²) in [4.78, 5) is 0. The molecule has 1 heterocycles. The zero-order valence-electron chi connectivity index (χ0n) is 28.9. The fourth-order valence-electron chi connectivity index (χ4n) is 8.04. The van der Waals surface area contributed by atoms with Crippen LogP contribution in [-0.4, -0.2) is 56.2 Å². The third-order valence-corrected chi connectivity index (χ3v) is 10.6. The molecule has 0 spiro atoms. The van der Waals surface area contributed by atoms with E-state index in [0.29, 0.717) is 23.8 Å². The van der Waals surface area contributed by atoms with Crippen molar-refractivity contribution < 1.29 is 60.6 Å². The summed E-state index contributed by atoms with van der Waals surface area (Å²) >= 11 is 0. The van der Waals surface area contributed by atoms with Gasteiger partial charge in [0.25, 0.3) is 0 Å². The van der Waals surface area contributed by atoms with Crippen molar-refractivity contribution in [3.63, 3.8) is 0 Å². The number of hydrogen-bond donors (Lipinski definition) is 11. The van der Waals surface area contributed by atoms with Crippen molar-refractivity contribution in [2.24, 2.45) is 0 Å². The average molecular weight is 751 g/mol. The molecule has 12 heteroatoms. The van der Waals surface area contributed by atoms with Crippen molar-refractivity contribution in [3.8, 4) is 63.2 Å². The Labute approximate surface area is 314 Å². The number of furan rings is 1. The third-order valence-electron chi connectivity index (χ3n) is 10.6. The summed E-state index contributed by atoms with van der Waals surface area (Å²) in [5.41, 5.74) is 4.89. The number of aromatic hydroxyl groups is 11. The van der Waals surface area contributed by atoms with Gasteiger partial charge in [-0.05, 0) is 68.3 Å². The fraction of sp³-hybridized carbons (Fsp3) is 0.0455. The van der Waals surface area contributed by atoms with Crippen LogP contribution in [0.1, 0.15) is 24.0 Å². The molecule has 3 aliphatic carbocycles. The number of allylic oxidation sites excluding steroid dienone is 12. The minimum Gasteiger partial charge on any atom is -0.504 e. The SMILES string of the molecule is Oc1c(O)c(O)c(C2=CCC=C(C3=c4ccccc4=C(c4cccc5oc6c7c(O)c(O)c(O)c(O)c7c(O)c(O)c6c45)C4=CC=CC=C3C4)C=C2)c(O)c1O. The first-order chi connectivity index (χ1) is 26.9. The number of fused-ring (bicyclic) bond motifs is 8. The highest BCUT2D eigenvalue weighted by Crippen LogP contribution is 2.58. The molecule has 0 saturated heterocycles. The van der Waals surface area contributed by atoms with Crippen molar-refractivity contribution in [2.75, 3.05) is 0 Å². The number of phenols is 11. The van der Waals surface area contributed by atoms with E-state index in [9.17, 15) is 56.2 Å². The first kappa shape index (κ1) is 33.9. The van der Waals surface area contributed by atoms with Gasteiger partial charge in [-0.25, -0.2) is 0 Å². The van der Waals surface area contributed by atoms with Gasteiger partial charge < -0.3 is 60.6 Å². The molecule has 0 amide bonds. The maximum atomic E-state index is 11.5. The smallest absolute Gasteiger partial charge is 0.208 e. The summed E-state index contributed by atoms with van der Waals surface area (Å²) in [6, 6.07) is 12.9. The lowest BCUT2D eigenvalue weighted by atomic mass is 9.88. The molecule has 0 fully saturated rings. The zero-order valence-corrected chi connectivity index (χ0v) is 28.9.